The van der Waals surface area contributed by atoms with Gasteiger partial charge in [-0.1, -0.05) is 6.92 Å². The van der Waals surface area contributed by atoms with E-state index in [1.165, 1.54) is 12.1 Å². The van der Waals surface area contributed by atoms with Gasteiger partial charge in [0.15, 0.2) is 11.0 Å². The summed E-state index contributed by atoms with van der Waals surface area (Å²) in [4.78, 5) is 15.6. The number of furan rings is 1. The summed E-state index contributed by atoms with van der Waals surface area (Å²) >= 11 is 5.57. The van der Waals surface area contributed by atoms with Crippen LogP contribution in [0.1, 0.15) is 29.1 Å². The van der Waals surface area contributed by atoms with E-state index in [1.54, 1.807) is 6.20 Å². The highest BCUT2D eigenvalue weighted by atomic mass is 35.5. The molecule has 0 radical (unpaired) electrons. The van der Waals surface area contributed by atoms with E-state index in [2.05, 4.69) is 10.3 Å². The maximum atomic E-state index is 11.6. The molecule has 90 valence electrons. The van der Waals surface area contributed by atoms with Crippen molar-refractivity contribution in [2.24, 2.45) is 0 Å². The lowest BCUT2D eigenvalue weighted by Gasteiger charge is -1.98. The van der Waals surface area contributed by atoms with Crippen LogP contribution < -0.4 is 5.32 Å². The lowest BCUT2D eigenvalue weighted by Crippen LogP contribution is -2.22. The van der Waals surface area contributed by atoms with Crippen molar-refractivity contribution in [2.45, 2.75) is 19.9 Å². The minimum Gasteiger partial charge on any atom is -0.444 e. The predicted octanol–water partition coefficient (Wildman–Crippen LogP) is 2.41. The number of hydrogen-bond donors (Lipinski definition) is 1. The van der Waals surface area contributed by atoms with Gasteiger partial charge in [0, 0.05) is 6.42 Å². The van der Waals surface area contributed by atoms with Crippen LogP contribution in [0.15, 0.2) is 27.2 Å². The van der Waals surface area contributed by atoms with Crippen molar-refractivity contribution in [1.29, 1.82) is 0 Å². The van der Waals surface area contributed by atoms with Crippen molar-refractivity contribution in [1.82, 2.24) is 10.3 Å². The summed E-state index contributed by atoms with van der Waals surface area (Å²) < 4.78 is 10.3. The maximum Gasteiger partial charge on any atom is 0.287 e. The molecule has 0 aliphatic carbocycles. The van der Waals surface area contributed by atoms with Crippen molar-refractivity contribution in [2.75, 3.05) is 0 Å². The van der Waals surface area contributed by atoms with Crippen LogP contribution in [-0.2, 0) is 13.0 Å². The Bertz CT molecular complexity index is 518. The molecule has 0 saturated carbocycles. The molecule has 0 bridgehead atoms. The van der Waals surface area contributed by atoms with Gasteiger partial charge in [0.2, 0.25) is 5.89 Å². The Hall–Kier alpha value is -1.75. The van der Waals surface area contributed by atoms with E-state index in [0.717, 1.165) is 12.2 Å². The molecule has 17 heavy (non-hydrogen) atoms. The Labute approximate surface area is 103 Å². The Balaban J connectivity index is 1.92. The smallest absolute Gasteiger partial charge is 0.287 e. The maximum absolute atomic E-state index is 11.6. The average Bonchev–Trinajstić information content (AvgIpc) is 2.94. The molecule has 2 aromatic heterocycles. The van der Waals surface area contributed by atoms with Crippen molar-refractivity contribution < 1.29 is 13.6 Å². The quantitative estimate of drug-likeness (QED) is 0.910. The summed E-state index contributed by atoms with van der Waals surface area (Å²) in [6, 6.07) is 3.02. The minimum absolute atomic E-state index is 0.164. The lowest BCUT2D eigenvalue weighted by atomic mass is 10.4. The van der Waals surface area contributed by atoms with Gasteiger partial charge in [-0.15, -0.1) is 0 Å². The highest BCUT2D eigenvalue weighted by Gasteiger charge is 2.11. The third kappa shape index (κ3) is 2.88. The molecule has 2 aromatic rings. The number of hydrogen-bond acceptors (Lipinski definition) is 4. The number of rotatable bonds is 4. The van der Waals surface area contributed by atoms with E-state index in [-0.39, 0.29) is 23.4 Å². The summed E-state index contributed by atoms with van der Waals surface area (Å²) in [5, 5.41) is 2.80. The summed E-state index contributed by atoms with van der Waals surface area (Å²) in [5.41, 5.74) is 0. The van der Waals surface area contributed by atoms with Gasteiger partial charge >= 0.3 is 0 Å². The predicted molar refractivity (Wildman–Crippen MR) is 60.8 cm³/mol. The van der Waals surface area contributed by atoms with Gasteiger partial charge in [-0.3, -0.25) is 4.79 Å². The van der Waals surface area contributed by atoms with Crippen LogP contribution in [0.25, 0.3) is 0 Å². The van der Waals surface area contributed by atoms with Crippen molar-refractivity contribution in [3.63, 3.8) is 0 Å². The monoisotopic (exact) mass is 254 g/mol. The van der Waals surface area contributed by atoms with Crippen LogP contribution in [0, 0.1) is 0 Å². The Morgan fingerprint density at radius 1 is 1.47 bits per heavy atom. The Kier molecular flexibility index (Phi) is 3.49. The van der Waals surface area contributed by atoms with Gasteiger partial charge in [-0.25, -0.2) is 4.98 Å². The highest BCUT2D eigenvalue weighted by molar-refractivity contribution is 6.29. The van der Waals surface area contributed by atoms with Crippen LogP contribution in [0.4, 0.5) is 0 Å². The second-order valence-electron chi connectivity index (χ2n) is 3.36. The fourth-order valence-corrected chi connectivity index (χ4v) is 1.42. The molecule has 0 aliphatic heterocycles. The van der Waals surface area contributed by atoms with Crippen molar-refractivity contribution >= 4 is 17.5 Å². The van der Waals surface area contributed by atoms with E-state index >= 15 is 0 Å². The number of aromatic nitrogens is 1. The van der Waals surface area contributed by atoms with Crippen LogP contribution in [0.3, 0.4) is 0 Å². The summed E-state index contributed by atoms with van der Waals surface area (Å²) in [5.74, 6) is 1.06. The molecule has 0 unspecified atom stereocenters. The first-order valence-corrected chi connectivity index (χ1v) is 5.54. The zero-order valence-corrected chi connectivity index (χ0v) is 9.95. The third-order valence-electron chi connectivity index (χ3n) is 2.15. The zero-order chi connectivity index (χ0) is 12.3. The second kappa shape index (κ2) is 5.05. The molecule has 6 heteroatoms. The number of halogens is 1. The van der Waals surface area contributed by atoms with Gasteiger partial charge in [-0.05, 0) is 23.7 Å². The summed E-state index contributed by atoms with van der Waals surface area (Å²) in [7, 11) is 0. The fourth-order valence-electron chi connectivity index (χ4n) is 1.27. The van der Waals surface area contributed by atoms with E-state index in [4.69, 9.17) is 20.4 Å². The van der Waals surface area contributed by atoms with E-state index in [1.807, 2.05) is 6.92 Å². The van der Waals surface area contributed by atoms with Crippen LogP contribution in [0.2, 0.25) is 5.22 Å². The molecule has 0 fully saturated rings. The highest BCUT2D eigenvalue weighted by Crippen LogP contribution is 2.13. The molecular weight excluding hydrogens is 244 g/mol. The number of carbonyl (C=O) groups is 1. The third-order valence-corrected chi connectivity index (χ3v) is 2.35. The standard InChI is InChI=1S/C11H11ClN2O3/c1-2-7-5-13-10(16-7)6-14-11(15)8-3-4-9(12)17-8/h3-5H,2,6H2,1H3,(H,14,15). The summed E-state index contributed by atoms with van der Waals surface area (Å²) in [6.07, 6.45) is 2.42. The fraction of sp³-hybridized carbons (Fsp3) is 0.273. The van der Waals surface area contributed by atoms with E-state index < -0.39 is 0 Å². The van der Waals surface area contributed by atoms with Gasteiger partial charge < -0.3 is 14.2 Å². The van der Waals surface area contributed by atoms with Crippen LogP contribution in [0.5, 0.6) is 0 Å². The average molecular weight is 255 g/mol. The minimum atomic E-state index is -0.354. The van der Waals surface area contributed by atoms with E-state index in [0.29, 0.717) is 5.89 Å². The second-order valence-corrected chi connectivity index (χ2v) is 3.73. The van der Waals surface area contributed by atoms with Gasteiger partial charge in [0.05, 0.1) is 12.7 Å². The topological polar surface area (TPSA) is 68.3 Å². The number of oxazole rings is 1. The molecule has 1 N–H and O–H groups in total. The molecule has 0 atom stereocenters. The largest absolute Gasteiger partial charge is 0.444 e. The van der Waals surface area contributed by atoms with Crippen molar-refractivity contribution in [3.05, 3.63) is 41.0 Å². The lowest BCUT2D eigenvalue weighted by molar-refractivity contribution is 0.0919. The first-order valence-electron chi connectivity index (χ1n) is 5.16. The summed E-state index contributed by atoms with van der Waals surface area (Å²) in [6.45, 7) is 2.19. The van der Waals surface area contributed by atoms with Crippen LogP contribution >= 0.6 is 11.6 Å². The van der Waals surface area contributed by atoms with Gasteiger partial charge in [0.25, 0.3) is 5.91 Å². The number of amides is 1. The SMILES string of the molecule is CCc1cnc(CNC(=O)c2ccc(Cl)o2)o1. The molecule has 0 spiro atoms. The molecular formula is C11H11ClN2O3. The number of carbonyl (C=O) groups excluding carboxylic acids is 1. The van der Waals surface area contributed by atoms with Crippen molar-refractivity contribution in [3.8, 4) is 0 Å². The Morgan fingerprint density at radius 2 is 2.29 bits per heavy atom. The molecule has 0 aromatic carbocycles. The molecule has 0 aliphatic rings. The number of nitrogens with zero attached hydrogens (tertiary/aromatic N) is 1. The van der Waals surface area contributed by atoms with Crippen LogP contribution in [-0.4, -0.2) is 10.9 Å². The normalized spacial score (nSPS) is 10.5. The first kappa shape index (κ1) is 11.7. The molecule has 1 amide bonds. The molecule has 0 saturated heterocycles. The Morgan fingerprint density at radius 3 is 2.88 bits per heavy atom. The number of nitrogens with one attached hydrogen (secondary N) is 1. The number of aryl methyl sites for hydroxylation is 1. The zero-order valence-electron chi connectivity index (χ0n) is 9.20. The molecule has 5 nitrogen and oxygen atoms in total. The molecule has 2 rings (SSSR count). The molecule has 2 heterocycles. The van der Waals surface area contributed by atoms with E-state index in [9.17, 15) is 4.79 Å². The van der Waals surface area contributed by atoms with Gasteiger partial charge in [0.1, 0.15) is 5.76 Å². The first-order chi connectivity index (χ1) is 8.19. The van der Waals surface area contributed by atoms with Gasteiger partial charge in [-0.2, -0.15) is 0 Å².